The van der Waals surface area contributed by atoms with E-state index >= 15 is 0 Å². The van der Waals surface area contributed by atoms with Crippen molar-refractivity contribution in [2.75, 3.05) is 31.2 Å². The van der Waals surface area contributed by atoms with Crippen LogP contribution in [0.25, 0.3) is 0 Å². The fourth-order valence-electron chi connectivity index (χ4n) is 2.37. The zero-order chi connectivity index (χ0) is 14.5. The van der Waals surface area contributed by atoms with E-state index in [9.17, 15) is 0 Å². The molecule has 6 heteroatoms. The summed E-state index contributed by atoms with van der Waals surface area (Å²) >= 11 is 0. The molecule has 0 amide bonds. The van der Waals surface area contributed by atoms with Crippen molar-refractivity contribution in [1.29, 1.82) is 0 Å². The summed E-state index contributed by atoms with van der Waals surface area (Å²) in [6.07, 6.45) is 0. The second kappa shape index (κ2) is 6.69. The molecule has 6 nitrogen and oxygen atoms in total. The molecule has 1 saturated heterocycles. The van der Waals surface area contributed by atoms with Gasteiger partial charge < -0.3 is 19.5 Å². The first-order valence-corrected chi connectivity index (χ1v) is 7.23. The zero-order valence-corrected chi connectivity index (χ0v) is 12.2. The molecule has 1 aromatic carbocycles. The van der Waals surface area contributed by atoms with Crippen LogP contribution in [0.15, 0.2) is 28.8 Å². The minimum atomic E-state index is 0.589. The minimum Gasteiger partial charge on any atom is -0.378 e. The predicted octanol–water partition coefficient (Wildman–Crippen LogP) is 1.50. The van der Waals surface area contributed by atoms with E-state index in [2.05, 4.69) is 44.6 Å². The Hall–Kier alpha value is -1.92. The maximum atomic E-state index is 5.37. The van der Waals surface area contributed by atoms with Gasteiger partial charge in [-0.1, -0.05) is 17.3 Å². The number of benzene rings is 1. The van der Waals surface area contributed by atoms with Gasteiger partial charge >= 0.3 is 0 Å². The Bertz CT molecular complexity index is 561. The number of anilines is 1. The molecule has 0 spiro atoms. The van der Waals surface area contributed by atoms with Gasteiger partial charge in [-0.05, 0) is 24.6 Å². The van der Waals surface area contributed by atoms with E-state index in [1.54, 1.807) is 0 Å². The number of morpholine rings is 1. The summed E-state index contributed by atoms with van der Waals surface area (Å²) in [4.78, 5) is 6.51. The average Bonchev–Trinajstić information content (AvgIpc) is 2.94. The van der Waals surface area contributed by atoms with Crippen LogP contribution in [0.3, 0.4) is 0 Å². The maximum absolute atomic E-state index is 5.37. The lowest BCUT2D eigenvalue weighted by Gasteiger charge is -2.28. The average molecular weight is 288 g/mol. The minimum absolute atomic E-state index is 0.589. The molecule has 0 radical (unpaired) electrons. The Morgan fingerprint density at radius 2 is 1.90 bits per heavy atom. The van der Waals surface area contributed by atoms with Crippen LogP contribution in [0.2, 0.25) is 0 Å². The van der Waals surface area contributed by atoms with Crippen molar-refractivity contribution in [2.45, 2.75) is 20.0 Å². The van der Waals surface area contributed by atoms with Gasteiger partial charge in [0.1, 0.15) is 0 Å². The number of hydrogen-bond acceptors (Lipinski definition) is 6. The fourth-order valence-corrected chi connectivity index (χ4v) is 2.37. The number of aryl methyl sites for hydroxylation is 1. The fraction of sp³-hybridized carbons (Fsp3) is 0.467. The topological polar surface area (TPSA) is 63.4 Å². The van der Waals surface area contributed by atoms with Gasteiger partial charge in [-0.2, -0.15) is 4.98 Å². The molecule has 0 aliphatic carbocycles. The number of rotatable bonds is 5. The Labute approximate surface area is 124 Å². The van der Waals surface area contributed by atoms with Crippen LogP contribution in [0.1, 0.15) is 17.3 Å². The zero-order valence-electron chi connectivity index (χ0n) is 12.2. The first-order valence-electron chi connectivity index (χ1n) is 7.23. The highest BCUT2D eigenvalue weighted by atomic mass is 16.5. The summed E-state index contributed by atoms with van der Waals surface area (Å²) in [5.74, 6) is 1.29. The maximum Gasteiger partial charge on any atom is 0.240 e. The normalized spacial score (nSPS) is 15.4. The highest BCUT2D eigenvalue weighted by Gasteiger charge is 2.10. The lowest BCUT2D eigenvalue weighted by molar-refractivity contribution is 0.122. The van der Waals surface area contributed by atoms with E-state index in [-0.39, 0.29) is 0 Å². The SMILES string of the molecule is Cc1noc(CNCc2ccc(N3CCOCC3)cc2)n1. The smallest absolute Gasteiger partial charge is 0.240 e. The first-order chi connectivity index (χ1) is 10.3. The molecule has 1 aliphatic heterocycles. The molecular formula is C15H20N4O2. The molecule has 3 rings (SSSR count). The van der Waals surface area contributed by atoms with Crippen LogP contribution < -0.4 is 10.2 Å². The van der Waals surface area contributed by atoms with E-state index in [0.717, 1.165) is 32.8 Å². The number of nitrogens with zero attached hydrogens (tertiary/aromatic N) is 3. The van der Waals surface area contributed by atoms with Crippen molar-refractivity contribution in [3.8, 4) is 0 Å². The molecule has 1 fully saturated rings. The van der Waals surface area contributed by atoms with E-state index < -0.39 is 0 Å². The van der Waals surface area contributed by atoms with Gasteiger partial charge in [0.2, 0.25) is 5.89 Å². The predicted molar refractivity (Wildman–Crippen MR) is 79.1 cm³/mol. The largest absolute Gasteiger partial charge is 0.378 e. The van der Waals surface area contributed by atoms with Crippen LogP contribution in [0.5, 0.6) is 0 Å². The van der Waals surface area contributed by atoms with Crippen LogP contribution >= 0.6 is 0 Å². The summed E-state index contributed by atoms with van der Waals surface area (Å²) in [6, 6.07) is 8.63. The lowest BCUT2D eigenvalue weighted by atomic mass is 10.2. The van der Waals surface area contributed by atoms with Gasteiger partial charge in [0.15, 0.2) is 5.82 Å². The monoisotopic (exact) mass is 288 g/mol. The van der Waals surface area contributed by atoms with Gasteiger partial charge in [0.05, 0.1) is 19.8 Å². The summed E-state index contributed by atoms with van der Waals surface area (Å²) in [6.45, 7) is 6.75. The van der Waals surface area contributed by atoms with E-state index in [4.69, 9.17) is 9.26 Å². The molecule has 21 heavy (non-hydrogen) atoms. The molecular weight excluding hydrogens is 268 g/mol. The van der Waals surface area contributed by atoms with Crippen LogP contribution in [-0.2, 0) is 17.8 Å². The molecule has 0 saturated carbocycles. The van der Waals surface area contributed by atoms with Gasteiger partial charge in [-0.3, -0.25) is 0 Å². The molecule has 1 N–H and O–H groups in total. The van der Waals surface area contributed by atoms with Gasteiger partial charge in [-0.15, -0.1) is 0 Å². The highest BCUT2D eigenvalue weighted by molar-refractivity contribution is 5.47. The quantitative estimate of drug-likeness (QED) is 0.899. The third kappa shape index (κ3) is 3.80. The van der Waals surface area contributed by atoms with E-state index in [1.165, 1.54) is 11.3 Å². The van der Waals surface area contributed by atoms with Crippen molar-refractivity contribution in [2.24, 2.45) is 0 Å². The van der Waals surface area contributed by atoms with E-state index in [1.807, 2.05) is 6.92 Å². The van der Waals surface area contributed by atoms with Crippen molar-refractivity contribution in [3.63, 3.8) is 0 Å². The summed E-state index contributed by atoms with van der Waals surface area (Å²) < 4.78 is 10.4. The van der Waals surface area contributed by atoms with Gasteiger partial charge in [-0.25, -0.2) is 0 Å². The van der Waals surface area contributed by atoms with E-state index in [0.29, 0.717) is 18.3 Å². The standard InChI is InChI=1S/C15H20N4O2/c1-12-17-15(21-18-12)11-16-10-13-2-4-14(5-3-13)19-6-8-20-9-7-19/h2-5,16H,6-11H2,1H3. The second-order valence-electron chi connectivity index (χ2n) is 5.10. The van der Waals surface area contributed by atoms with Crippen LogP contribution in [-0.4, -0.2) is 36.4 Å². The Balaban J connectivity index is 1.49. The second-order valence-corrected chi connectivity index (χ2v) is 5.10. The molecule has 0 unspecified atom stereocenters. The van der Waals surface area contributed by atoms with Gasteiger partial charge in [0, 0.05) is 25.3 Å². The highest BCUT2D eigenvalue weighted by Crippen LogP contribution is 2.16. The summed E-state index contributed by atoms with van der Waals surface area (Å²) in [5.41, 5.74) is 2.50. The summed E-state index contributed by atoms with van der Waals surface area (Å²) in [7, 11) is 0. The summed E-state index contributed by atoms with van der Waals surface area (Å²) in [5, 5.41) is 7.06. The number of aromatic nitrogens is 2. The van der Waals surface area contributed by atoms with Crippen LogP contribution in [0, 0.1) is 6.92 Å². The first kappa shape index (κ1) is 14.0. The lowest BCUT2D eigenvalue weighted by Crippen LogP contribution is -2.36. The molecule has 1 aromatic heterocycles. The van der Waals surface area contributed by atoms with Crippen LogP contribution in [0.4, 0.5) is 5.69 Å². The van der Waals surface area contributed by atoms with Crippen molar-refractivity contribution in [3.05, 3.63) is 41.5 Å². The van der Waals surface area contributed by atoms with Crippen molar-refractivity contribution < 1.29 is 9.26 Å². The Morgan fingerprint density at radius 3 is 2.57 bits per heavy atom. The number of ether oxygens (including phenoxy) is 1. The Kier molecular flexibility index (Phi) is 4.47. The third-order valence-electron chi connectivity index (χ3n) is 3.49. The third-order valence-corrected chi connectivity index (χ3v) is 3.49. The van der Waals surface area contributed by atoms with Crippen molar-refractivity contribution >= 4 is 5.69 Å². The number of hydrogen-bond donors (Lipinski definition) is 1. The van der Waals surface area contributed by atoms with Crippen molar-refractivity contribution in [1.82, 2.24) is 15.5 Å². The van der Waals surface area contributed by atoms with Gasteiger partial charge in [0.25, 0.3) is 0 Å². The molecule has 112 valence electrons. The Morgan fingerprint density at radius 1 is 1.14 bits per heavy atom. The number of nitrogens with one attached hydrogen (secondary N) is 1. The molecule has 0 bridgehead atoms. The molecule has 1 aliphatic rings. The molecule has 0 atom stereocenters. The molecule has 2 heterocycles. The molecule has 2 aromatic rings.